The summed E-state index contributed by atoms with van der Waals surface area (Å²) in [7, 11) is 1.63. The maximum atomic E-state index is 13.4. The summed E-state index contributed by atoms with van der Waals surface area (Å²) >= 11 is 0. The molecule has 32 heavy (non-hydrogen) atoms. The fourth-order valence-corrected chi connectivity index (χ4v) is 4.25. The van der Waals surface area contributed by atoms with Crippen LogP contribution in [0.15, 0.2) is 83.8 Å². The van der Waals surface area contributed by atoms with Crippen molar-refractivity contribution in [1.82, 2.24) is 24.1 Å². The Labute approximate surface area is 182 Å². The summed E-state index contributed by atoms with van der Waals surface area (Å²) in [5.74, 6) is 1.97. The van der Waals surface area contributed by atoms with Gasteiger partial charge < -0.3 is 9.72 Å². The molecule has 7 heteroatoms. The standard InChI is InChI=1S/C25H19N5O2/c1-32-17-12-10-16(11-13-17)15-29-24(31)19-7-3-5-9-22(19)30-23(27-28-25(29)30)20-14-26-21-8-4-2-6-18(20)21/h2-14,26H,15H2,1H3. The van der Waals surface area contributed by atoms with Crippen LogP contribution in [-0.2, 0) is 6.54 Å². The molecule has 0 amide bonds. The van der Waals surface area contributed by atoms with Crippen LogP contribution in [0.3, 0.4) is 0 Å². The van der Waals surface area contributed by atoms with Crippen molar-refractivity contribution in [2.24, 2.45) is 0 Å². The van der Waals surface area contributed by atoms with Crippen molar-refractivity contribution in [1.29, 1.82) is 0 Å². The average Bonchev–Trinajstić information content (AvgIpc) is 3.46. The molecule has 0 aliphatic carbocycles. The number of hydrogen-bond donors (Lipinski definition) is 1. The lowest BCUT2D eigenvalue weighted by atomic mass is 10.1. The number of nitrogens with one attached hydrogen (secondary N) is 1. The van der Waals surface area contributed by atoms with Gasteiger partial charge in [-0.15, -0.1) is 10.2 Å². The summed E-state index contributed by atoms with van der Waals surface area (Å²) in [6, 6.07) is 23.3. The highest BCUT2D eigenvalue weighted by molar-refractivity contribution is 5.95. The number of hydrogen-bond acceptors (Lipinski definition) is 4. The van der Waals surface area contributed by atoms with Crippen LogP contribution in [-0.4, -0.2) is 31.3 Å². The second-order valence-corrected chi connectivity index (χ2v) is 7.66. The number of aromatic amines is 1. The van der Waals surface area contributed by atoms with Gasteiger partial charge >= 0.3 is 0 Å². The molecule has 0 spiro atoms. The molecular weight excluding hydrogens is 402 g/mol. The maximum absolute atomic E-state index is 13.4. The van der Waals surface area contributed by atoms with Crippen LogP contribution in [0.1, 0.15) is 5.56 Å². The first-order valence-corrected chi connectivity index (χ1v) is 10.3. The summed E-state index contributed by atoms with van der Waals surface area (Å²) in [4.78, 5) is 16.7. The largest absolute Gasteiger partial charge is 0.497 e. The van der Waals surface area contributed by atoms with Crippen molar-refractivity contribution >= 4 is 27.6 Å². The minimum absolute atomic E-state index is 0.0956. The molecule has 0 radical (unpaired) electrons. The number of para-hydroxylation sites is 2. The lowest BCUT2D eigenvalue weighted by Gasteiger charge is -2.12. The monoisotopic (exact) mass is 421 g/mol. The number of ether oxygens (including phenoxy) is 1. The zero-order chi connectivity index (χ0) is 21.7. The Morgan fingerprint density at radius 1 is 0.906 bits per heavy atom. The third kappa shape index (κ3) is 2.71. The van der Waals surface area contributed by atoms with E-state index in [1.807, 2.05) is 77.3 Å². The van der Waals surface area contributed by atoms with Crippen molar-refractivity contribution in [3.05, 3.63) is 94.9 Å². The second-order valence-electron chi connectivity index (χ2n) is 7.66. The number of aromatic nitrogens is 5. The lowest BCUT2D eigenvalue weighted by Crippen LogP contribution is -2.24. The number of fused-ring (bicyclic) bond motifs is 4. The van der Waals surface area contributed by atoms with E-state index >= 15 is 0 Å². The highest BCUT2D eigenvalue weighted by atomic mass is 16.5. The van der Waals surface area contributed by atoms with Crippen LogP contribution in [0.25, 0.3) is 39.0 Å². The van der Waals surface area contributed by atoms with E-state index in [1.54, 1.807) is 11.7 Å². The van der Waals surface area contributed by atoms with Crippen LogP contribution in [0, 0.1) is 0 Å². The number of H-pyrrole nitrogens is 1. The van der Waals surface area contributed by atoms with E-state index in [1.165, 1.54) is 0 Å². The molecule has 0 saturated heterocycles. The predicted molar refractivity (Wildman–Crippen MR) is 124 cm³/mol. The molecule has 3 heterocycles. The third-order valence-electron chi connectivity index (χ3n) is 5.84. The van der Waals surface area contributed by atoms with E-state index < -0.39 is 0 Å². The number of methoxy groups -OCH3 is 1. The Bertz CT molecular complexity index is 1660. The van der Waals surface area contributed by atoms with Gasteiger partial charge in [0, 0.05) is 22.7 Å². The van der Waals surface area contributed by atoms with Crippen LogP contribution < -0.4 is 10.3 Å². The highest BCUT2D eigenvalue weighted by Crippen LogP contribution is 2.29. The van der Waals surface area contributed by atoms with Crippen molar-refractivity contribution < 1.29 is 4.74 Å². The first-order chi connectivity index (χ1) is 15.7. The molecule has 0 unspecified atom stereocenters. The van der Waals surface area contributed by atoms with Gasteiger partial charge in [0.2, 0.25) is 5.78 Å². The third-order valence-corrected chi connectivity index (χ3v) is 5.84. The van der Waals surface area contributed by atoms with E-state index in [9.17, 15) is 4.79 Å². The van der Waals surface area contributed by atoms with Crippen molar-refractivity contribution in [2.45, 2.75) is 6.54 Å². The molecule has 3 aromatic carbocycles. The Hall–Kier alpha value is -4.39. The van der Waals surface area contributed by atoms with Gasteiger partial charge in [0.25, 0.3) is 5.56 Å². The Kier molecular flexibility index (Phi) is 4.07. The number of nitrogens with zero attached hydrogens (tertiary/aromatic N) is 4. The molecule has 6 aromatic rings. The Morgan fingerprint density at radius 2 is 1.66 bits per heavy atom. The fraction of sp³-hybridized carbons (Fsp3) is 0.0800. The fourth-order valence-electron chi connectivity index (χ4n) is 4.25. The van der Waals surface area contributed by atoms with Crippen LogP contribution in [0.2, 0.25) is 0 Å². The van der Waals surface area contributed by atoms with Crippen LogP contribution >= 0.6 is 0 Å². The molecule has 0 fully saturated rings. The van der Waals surface area contributed by atoms with E-state index in [4.69, 9.17) is 4.74 Å². The SMILES string of the molecule is COc1ccc(Cn2c(=O)c3ccccc3n3c(-c4c[nH]c5ccccc45)nnc23)cc1. The summed E-state index contributed by atoms with van der Waals surface area (Å²) in [5, 5.41) is 10.7. The van der Waals surface area contributed by atoms with Crippen LogP contribution in [0.4, 0.5) is 0 Å². The van der Waals surface area contributed by atoms with Crippen LogP contribution in [0.5, 0.6) is 5.75 Å². The molecule has 0 saturated carbocycles. The molecule has 1 N–H and O–H groups in total. The van der Waals surface area contributed by atoms with Crippen molar-refractivity contribution in [3.63, 3.8) is 0 Å². The molecule has 7 nitrogen and oxygen atoms in total. The van der Waals surface area contributed by atoms with E-state index in [0.717, 1.165) is 33.3 Å². The first-order valence-electron chi connectivity index (χ1n) is 10.3. The topological polar surface area (TPSA) is 77.2 Å². The Morgan fingerprint density at radius 3 is 2.47 bits per heavy atom. The van der Waals surface area contributed by atoms with Gasteiger partial charge in [-0.25, -0.2) is 0 Å². The molecule has 0 aliphatic heterocycles. The van der Waals surface area contributed by atoms with Gasteiger partial charge in [-0.2, -0.15) is 0 Å². The van der Waals surface area contributed by atoms with Gasteiger partial charge in [-0.05, 0) is 35.9 Å². The first kappa shape index (κ1) is 18.4. The molecule has 3 aromatic heterocycles. The smallest absolute Gasteiger partial charge is 0.263 e. The molecule has 0 aliphatic rings. The van der Waals surface area contributed by atoms with Gasteiger partial charge in [-0.1, -0.05) is 42.5 Å². The van der Waals surface area contributed by atoms with Crippen molar-refractivity contribution in [2.75, 3.05) is 7.11 Å². The van der Waals surface area contributed by atoms with Gasteiger partial charge in [0.15, 0.2) is 5.82 Å². The summed E-state index contributed by atoms with van der Waals surface area (Å²) in [6.45, 7) is 0.378. The minimum atomic E-state index is -0.0956. The summed E-state index contributed by atoms with van der Waals surface area (Å²) in [5.41, 5.74) is 3.62. The lowest BCUT2D eigenvalue weighted by molar-refractivity contribution is 0.414. The number of rotatable bonds is 4. The highest BCUT2D eigenvalue weighted by Gasteiger charge is 2.19. The van der Waals surface area contributed by atoms with Gasteiger partial charge in [0.05, 0.1) is 24.6 Å². The maximum Gasteiger partial charge on any atom is 0.263 e. The summed E-state index contributed by atoms with van der Waals surface area (Å²) in [6.07, 6.45) is 1.94. The number of benzene rings is 3. The van der Waals surface area contributed by atoms with Gasteiger partial charge in [0.1, 0.15) is 5.75 Å². The molecule has 0 bridgehead atoms. The van der Waals surface area contributed by atoms with E-state index in [2.05, 4.69) is 21.2 Å². The average molecular weight is 421 g/mol. The second kappa shape index (κ2) is 7.09. The molecular formula is C25H19N5O2. The van der Waals surface area contributed by atoms with Crippen molar-refractivity contribution in [3.8, 4) is 17.1 Å². The summed E-state index contributed by atoms with van der Waals surface area (Å²) < 4.78 is 8.90. The zero-order valence-corrected chi connectivity index (χ0v) is 17.3. The normalized spacial score (nSPS) is 11.5. The van der Waals surface area contributed by atoms with E-state index in [-0.39, 0.29) is 5.56 Å². The molecule has 0 atom stereocenters. The molecule has 6 rings (SSSR count). The minimum Gasteiger partial charge on any atom is -0.497 e. The van der Waals surface area contributed by atoms with Gasteiger partial charge in [-0.3, -0.25) is 13.8 Å². The quantitative estimate of drug-likeness (QED) is 0.462. The van der Waals surface area contributed by atoms with E-state index in [0.29, 0.717) is 23.5 Å². The Balaban J connectivity index is 1.63. The molecule has 156 valence electrons. The predicted octanol–water partition coefficient (Wildman–Crippen LogP) is 4.25. The zero-order valence-electron chi connectivity index (χ0n) is 17.3.